The molecule has 0 radical (unpaired) electrons. The van der Waals surface area contributed by atoms with Gasteiger partial charge in [-0.25, -0.2) is 9.78 Å². The van der Waals surface area contributed by atoms with Crippen molar-refractivity contribution in [2.45, 2.75) is 13.0 Å². The van der Waals surface area contributed by atoms with E-state index in [1.54, 1.807) is 6.92 Å². The molecule has 1 unspecified atom stereocenters. The summed E-state index contributed by atoms with van der Waals surface area (Å²) < 4.78 is 4.64. The molecule has 0 saturated carbocycles. The van der Waals surface area contributed by atoms with Crippen molar-refractivity contribution in [3.63, 3.8) is 0 Å². The topological polar surface area (TPSA) is 71.5 Å². The SMILES string of the molecule is COC(=O)c1cnc(N2CCNCC2C(C)=O)s1.c1cc2ccc1-2. The summed E-state index contributed by atoms with van der Waals surface area (Å²) in [6.07, 6.45) is 1.49. The number of aromatic nitrogens is 1. The van der Waals surface area contributed by atoms with Gasteiger partial charge >= 0.3 is 5.97 Å². The maximum Gasteiger partial charge on any atom is 0.349 e. The monoisotopic (exact) mass is 345 g/mol. The zero-order chi connectivity index (χ0) is 17.1. The Morgan fingerprint density at radius 3 is 2.46 bits per heavy atom. The number of piperazine rings is 1. The number of anilines is 1. The third kappa shape index (κ3) is 3.32. The van der Waals surface area contributed by atoms with E-state index in [0.717, 1.165) is 6.54 Å². The highest BCUT2D eigenvalue weighted by Gasteiger charge is 2.28. The van der Waals surface area contributed by atoms with Crippen LogP contribution in [-0.4, -0.2) is 49.5 Å². The lowest BCUT2D eigenvalue weighted by molar-refractivity contribution is -0.118. The first-order chi connectivity index (χ1) is 11.6. The molecule has 4 rings (SSSR count). The largest absolute Gasteiger partial charge is 0.465 e. The minimum absolute atomic E-state index is 0.0945. The van der Waals surface area contributed by atoms with Gasteiger partial charge in [0.25, 0.3) is 0 Å². The fraction of sp³-hybridized carbons (Fsp3) is 0.353. The molecule has 7 heteroatoms. The molecule has 0 bridgehead atoms. The van der Waals surface area contributed by atoms with Crippen LogP contribution in [-0.2, 0) is 9.53 Å². The number of fused-ring (bicyclic) bond motifs is 1. The molecule has 1 aromatic rings. The normalized spacial score (nSPS) is 17.6. The molecular formula is C17H19N3O3S. The molecule has 2 aliphatic carbocycles. The van der Waals surface area contributed by atoms with E-state index >= 15 is 0 Å². The number of nitrogens with zero attached hydrogens (tertiary/aromatic N) is 2. The number of benzene rings is 1. The Kier molecular flexibility index (Phi) is 4.92. The number of ether oxygens (including phenoxy) is 1. The molecule has 0 spiro atoms. The van der Waals surface area contributed by atoms with Crippen molar-refractivity contribution in [1.29, 1.82) is 0 Å². The summed E-state index contributed by atoms with van der Waals surface area (Å²) in [5, 5.41) is 3.87. The Hall–Kier alpha value is -2.25. The van der Waals surface area contributed by atoms with E-state index in [9.17, 15) is 9.59 Å². The number of esters is 1. The predicted octanol–water partition coefficient (Wildman–Crippen LogP) is 1.96. The standard InChI is InChI=1S/C11H15N3O3S.C6H4/c1-7(15)8-5-12-3-4-14(8)11-13-6-9(18-11)10(16)17-2;1-2-6-4-3-5(1)6/h6,8,12H,3-5H2,1-2H3;1-4H. The number of Topliss-reactive ketones (excluding diaryl/α,β-unsaturated/α-hetero) is 1. The summed E-state index contributed by atoms with van der Waals surface area (Å²) in [6, 6.07) is 8.27. The molecule has 0 amide bonds. The molecule has 24 heavy (non-hydrogen) atoms. The molecule has 1 aliphatic heterocycles. The molecule has 1 atom stereocenters. The summed E-state index contributed by atoms with van der Waals surface area (Å²) in [5.41, 5.74) is 2.85. The molecule has 1 fully saturated rings. The van der Waals surface area contributed by atoms with Crippen LogP contribution < -0.4 is 10.2 Å². The van der Waals surface area contributed by atoms with Gasteiger partial charge in [-0.05, 0) is 18.1 Å². The molecule has 2 heterocycles. The Labute approximate surface area is 144 Å². The molecule has 0 aromatic carbocycles. The highest BCUT2D eigenvalue weighted by Crippen LogP contribution is 2.29. The molecule has 1 aromatic heterocycles. The lowest BCUT2D eigenvalue weighted by Gasteiger charge is -2.34. The zero-order valence-corrected chi connectivity index (χ0v) is 14.4. The maximum absolute atomic E-state index is 11.6. The van der Waals surface area contributed by atoms with Crippen molar-refractivity contribution < 1.29 is 14.3 Å². The number of ketones is 1. The van der Waals surface area contributed by atoms with Gasteiger partial charge in [-0.15, -0.1) is 0 Å². The van der Waals surface area contributed by atoms with Gasteiger partial charge in [-0.1, -0.05) is 35.6 Å². The molecule has 6 nitrogen and oxygen atoms in total. The third-order valence-electron chi connectivity index (χ3n) is 4.06. The van der Waals surface area contributed by atoms with Crippen LogP contribution in [0.1, 0.15) is 16.6 Å². The number of carbonyl (C=O) groups excluding carboxylic acids is 2. The quantitative estimate of drug-likeness (QED) is 0.732. The van der Waals surface area contributed by atoms with Crippen LogP contribution >= 0.6 is 11.3 Å². The minimum Gasteiger partial charge on any atom is -0.465 e. The van der Waals surface area contributed by atoms with E-state index in [1.807, 2.05) is 4.90 Å². The van der Waals surface area contributed by atoms with Crippen LogP contribution in [0.25, 0.3) is 11.1 Å². The van der Waals surface area contributed by atoms with Crippen LogP contribution in [0.4, 0.5) is 5.13 Å². The van der Waals surface area contributed by atoms with Crippen molar-refractivity contribution in [1.82, 2.24) is 10.3 Å². The second-order valence-electron chi connectivity index (χ2n) is 5.60. The van der Waals surface area contributed by atoms with Crippen molar-refractivity contribution in [2.75, 3.05) is 31.6 Å². The average molecular weight is 345 g/mol. The van der Waals surface area contributed by atoms with Crippen molar-refractivity contribution >= 4 is 28.2 Å². The van der Waals surface area contributed by atoms with E-state index in [-0.39, 0.29) is 11.8 Å². The van der Waals surface area contributed by atoms with E-state index in [2.05, 4.69) is 39.3 Å². The highest BCUT2D eigenvalue weighted by atomic mass is 32.1. The van der Waals surface area contributed by atoms with E-state index in [4.69, 9.17) is 0 Å². The number of methoxy groups -OCH3 is 1. The first-order valence-electron chi connectivity index (χ1n) is 7.72. The first kappa shape index (κ1) is 16.6. The summed E-state index contributed by atoms with van der Waals surface area (Å²) in [4.78, 5) is 29.6. The molecule has 126 valence electrons. The number of hydrogen-bond acceptors (Lipinski definition) is 7. The Balaban J connectivity index is 0.000000231. The average Bonchev–Trinajstić information content (AvgIpc) is 3.07. The maximum atomic E-state index is 11.6. The number of nitrogens with one attached hydrogen (secondary N) is 1. The zero-order valence-electron chi connectivity index (χ0n) is 13.6. The Morgan fingerprint density at radius 2 is 1.96 bits per heavy atom. The number of rotatable bonds is 3. The number of carbonyl (C=O) groups is 2. The summed E-state index contributed by atoms with van der Waals surface area (Å²) in [5.74, 6) is -0.301. The van der Waals surface area contributed by atoms with Crippen LogP contribution in [0, 0.1) is 0 Å². The van der Waals surface area contributed by atoms with Crippen LogP contribution in [0.2, 0.25) is 0 Å². The van der Waals surface area contributed by atoms with Crippen molar-refractivity contribution in [2.24, 2.45) is 0 Å². The smallest absolute Gasteiger partial charge is 0.349 e. The summed E-state index contributed by atoms with van der Waals surface area (Å²) >= 11 is 1.25. The second kappa shape index (κ2) is 7.11. The molecule has 1 N–H and O–H groups in total. The van der Waals surface area contributed by atoms with Crippen LogP contribution in [0.5, 0.6) is 0 Å². The van der Waals surface area contributed by atoms with Crippen molar-refractivity contribution in [3.05, 3.63) is 35.3 Å². The molecule has 3 aliphatic rings. The Morgan fingerprint density at radius 1 is 1.29 bits per heavy atom. The lowest BCUT2D eigenvalue weighted by atomic mass is 9.95. The molecular weight excluding hydrogens is 326 g/mol. The fourth-order valence-electron chi connectivity index (χ4n) is 2.55. The third-order valence-corrected chi connectivity index (χ3v) is 5.07. The fourth-order valence-corrected chi connectivity index (χ4v) is 3.46. The number of hydrogen-bond donors (Lipinski definition) is 1. The van der Waals surface area contributed by atoms with Crippen molar-refractivity contribution in [3.8, 4) is 11.1 Å². The highest BCUT2D eigenvalue weighted by molar-refractivity contribution is 7.17. The first-order valence-corrected chi connectivity index (χ1v) is 8.54. The van der Waals surface area contributed by atoms with Gasteiger partial charge in [0.1, 0.15) is 10.9 Å². The second-order valence-corrected chi connectivity index (χ2v) is 6.61. The summed E-state index contributed by atoms with van der Waals surface area (Å²) in [6.45, 7) is 3.69. The Bertz CT molecular complexity index is 721. The van der Waals surface area contributed by atoms with Gasteiger partial charge in [-0.3, -0.25) is 4.79 Å². The van der Waals surface area contributed by atoms with Crippen LogP contribution in [0.15, 0.2) is 30.5 Å². The van der Waals surface area contributed by atoms with Crippen LogP contribution in [0.3, 0.4) is 0 Å². The lowest BCUT2D eigenvalue weighted by Crippen LogP contribution is -2.54. The number of thiazole rings is 1. The van der Waals surface area contributed by atoms with Gasteiger partial charge in [0.2, 0.25) is 0 Å². The molecule has 1 saturated heterocycles. The minimum atomic E-state index is -0.395. The summed E-state index contributed by atoms with van der Waals surface area (Å²) in [7, 11) is 1.34. The van der Waals surface area contributed by atoms with Gasteiger partial charge < -0.3 is 15.0 Å². The predicted molar refractivity (Wildman–Crippen MR) is 93.6 cm³/mol. The van der Waals surface area contributed by atoms with E-state index in [0.29, 0.717) is 23.1 Å². The van der Waals surface area contributed by atoms with Gasteiger partial charge in [-0.2, -0.15) is 0 Å². The van der Waals surface area contributed by atoms with Gasteiger partial charge in [0, 0.05) is 19.6 Å². The van der Waals surface area contributed by atoms with E-state index in [1.165, 1.54) is 35.8 Å². The van der Waals surface area contributed by atoms with Gasteiger partial charge in [0.05, 0.1) is 13.3 Å². The van der Waals surface area contributed by atoms with E-state index < -0.39 is 5.97 Å². The van der Waals surface area contributed by atoms with Gasteiger partial charge in [0.15, 0.2) is 10.9 Å².